The largest absolute Gasteiger partial charge is 0.494 e. The summed E-state index contributed by atoms with van der Waals surface area (Å²) in [6.45, 7) is 1.80. The molecule has 0 unspecified atom stereocenters. The molecule has 254 valence electrons. The van der Waals surface area contributed by atoms with E-state index in [4.69, 9.17) is 26.7 Å². The monoisotopic (exact) mass is 671 g/mol. The molecule has 0 aliphatic carbocycles. The SMILES string of the molecule is CCS(=O)(=O)N[C@H](Cc1c[nH]c2ccc(OCCCCC(=O)O)cc12)C(=O)N[C@@H](CCC(N)=O)C(=O)NCc1ccc(C(=N)N)cc1. The lowest BCUT2D eigenvalue weighted by atomic mass is 10.0. The molecule has 47 heavy (non-hydrogen) atoms. The minimum Gasteiger partial charge on any atom is -0.494 e. The fraction of sp³-hybridized carbons (Fsp3) is 0.387. The number of nitrogens with two attached hydrogens (primary N) is 2. The van der Waals surface area contributed by atoms with Gasteiger partial charge < -0.3 is 36.9 Å². The molecule has 0 aliphatic rings. The highest BCUT2D eigenvalue weighted by Crippen LogP contribution is 2.25. The van der Waals surface area contributed by atoms with E-state index in [0.717, 1.165) is 0 Å². The maximum Gasteiger partial charge on any atom is 0.303 e. The fourth-order valence-corrected chi connectivity index (χ4v) is 5.43. The van der Waals surface area contributed by atoms with Gasteiger partial charge in [0.1, 0.15) is 23.7 Å². The highest BCUT2D eigenvalue weighted by atomic mass is 32.2. The number of H-pyrrole nitrogens is 1. The van der Waals surface area contributed by atoms with Crippen molar-refractivity contribution < 1.29 is 37.4 Å². The Morgan fingerprint density at radius 2 is 1.72 bits per heavy atom. The van der Waals surface area contributed by atoms with Crippen LogP contribution < -0.4 is 31.6 Å². The number of carbonyl (C=O) groups excluding carboxylic acids is 3. The van der Waals surface area contributed by atoms with Crippen molar-refractivity contribution in [2.75, 3.05) is 12.4 Å². The molecule has 0 radical (unpaired) electrons. The predicted molar refractivity (Wildman–Crippen MR) is 175 cm³/mol. The third kappa shape index (κ3) is 11.7. The number of hydrogen-bond acceptors (Lipinski definition) is 8. The summed E-state index contributed by atoms with van der Waals surface area (Å²) >= 11 is 0. The van der Waals surface area contributed by atoms with E-state index in [-0.39, 0.29) is 43.8 Å². The van der Waals surface area contributed by atoms with Gasteiger partial charge in [-0.15, -0.1) is 0 Å². The summed E-state index contributed by atoms with van der Waals surface area (Å²) in [5.41, 5.74) is 13.3. The topological polar surface area (TPSA) is 260 Å². The number of fused-ring (bicyclic) bond motifs is 1. The van der Waals surface area contributed by atoms with Crippen LogP contribution in [0, 0.1) is 5.41 Å². The summed E-state index contributed by atoms with van der Waals surface area (Å²) in [5.74, 6) is -2.82. The predicted octanol–water partition coefficient (Wildman–Crippen LogP) is 1.00. The molecule has 15 nitrogen and oxygen atoms in total. The number of nitrogens with one attached hydrogen (secondary N) is 5. The molecule has 3 rings (SSSR count). The first-order chi connectivity index (χ1) is 22.3. The quantitative estimate of drug-likeness (QED) is 0.0483. The second-order valence-electron chi connectivity index (χ2n) is 10.9. The minimum atomic E-state index is -3.88. The number of carboxylic acid groups (broad SMARTS) is 1. The Labute approximate surface area is 272 Å². The van der Waals surface area contributed by atoms with Crippen LogP contribution in [-0.2, 0) is 42.2 Å². The van der Waals surface area contributed by atoms with Crippen LogP contribution in [0.15, 0.2) is 48.7 Å². The number of carbonyl (C=O) groups is 4. The number of amides is 3. The molecule has 1 aromatic heterocycles. The summed E-state index contributed by atoms with van der Waals surface area (Å²) < 4.78 is 33.4. The number of hydrogen-bond donors (Lipinski definition) is 8. The van der Waals surface area contributed by atoms with Crippen LogP contribution in [0.3, 0.4) is 0 Å². The lowest BCUT2D eigenvalue weighted by molar-refractivity contribution is -0.137. The molecule has 0 fully saturated rings. The summed E-state index contributed by atoms with van der Waals surface area (Å²) in [6.07, 6.45) is 2.29. The van der Waals surface area contributed by atoms with Gasteiger partial charge in [0.2, 0.25) is 27.7 Å². The normalized spacial score (nSPS) is 12.6. The van der Waals surface area contributed by atoms with Crippen molar-refractivity contribution in [1.29, 1.82) is 5.41 Å². The molecule has 3 aromatic rings. The molecule has 0 saturated heterocycles. The van der Waals surface area contributed by atoms with Gasteiger partial charge >= 0.3 is 5.97 Å². The van der Waals surface area contributed by atoms with Crippen molar-refractivity contribution in [3.05, 3.63) is 65.4 Å². The fourth-order valence-electron chi connectivity index (χ4n) is 4.63. The molecule has 0 spiro atoms. The van der Waals surface area contributed by atoms with Crippen LogP contribution in [0.1, 0.15) is 55.7 Å². The van der Waals surface area contributed by atoms with Crippen LogP contribution in [0.25, 0.3) is 10.9 Å². The zero-order valence-electron chi connectivity index (χ0n) is 26.0. The summed E-state index contributed by atoms with van der Waals surface area (Å²) in [4.78, 5) is 52.2. The third-order valence-electron chi connectivity index (χ3n) is 7.28. The van der Waals surface area contributed by atoms with Gasteiger partial charge in [0.15, 0.2) is 0 Å². The van der Waals surface area contributed by atoms with Crippen LogP contribution >= 0.6 is 0 Å². The number of aliphatic carboxylic acids is 1. The average molecular weight is 672 g/mol. The number of aromatic amines is 1. The Balaban J connectivity index is 1.77. The van der Waals surface area contributed by atoms with E-state index >= 15 is 0 Å². The zero-order chi connectivity index (χ0) is 34.6. The first-order valence-corrected chi connectivity index (χ1v) is 16.7. The Morgan fingerprint density at radius 3 is 2.36 bits per heavy atom. The number of sulfonamides is 1. The third-order valence-corrected chi connectivity index (χ3v) is 8.68. The number of rotatable bonds is 20. The Kier molecular flexibility index (Phi) is 13.3. The van der Waals surface area contributed by atoms with Gasteiger partial charge in [-0.1, -0.05) is 24.3 Å². The number of benzene rings is 2. The molecule has 0 bridgehead atoms. The molecule has 0 saturated carbocycles. The van der Waals surface area contributed by atoms with Crippen LogP contribution in [-0.4, -0.2) is 72.5 Å². The number of nitrogen functional groups attached to an aromatic ring is 1. The van der Waals surface area contributed by atoms with Gasteiger partial charge in [0, 0.05) is 42.0 Å². The number of primary amides is 1. The average Bonchev–Trinajstić information content (AvgIpc) is 3.42. The highest BCUT2D eigenvalue weighted by molar-refractivity contribution is 7.89. The number of aromatic nitrogens is 1. The molecule has 2 aromatic carbocycles. The van der Waals surface area contributed by atoms with Crippen molar-refractivity contribution in [1.82, 2.24) is 20.3 Å². The molecular formula is C31H41N7O8S. The van der Waals surface area contributed by atoms with Gasteiger partial charge in [-0.3, -0.25) is 24.6 Å². The molecule has 2 atom stereocenters. The summed E-state index contributed by atoms with van der Waals surface area (Å²) in [6, 6.07) is 9.35. The van der Waals surface area contributed by atoms with Crippen molar-refractivity contribution in [3.63, 3.8) is 0 Å². The van der Waals surface area contributed by atoms with Crippen molar-refractivity contribution in [2.24, 2.45) is 11.5 Å². The van der Waals surface area contributed by atoms with Gasteiger partial charge in [-0.2, -0.15) is 0 Å². The van der Waals surface area contributed by atoms with Crippen LogP contribution in [0.2, 0.25) is 0 Å². The second kappa shape index (κ2) is 17.1. The Morgan fingerprint density at radius 1 is 1.00 bits per heavy atom. The number of amidine groups is 1. The van der Waals surface area contributed by atoms with E-state index in [2.05, 4.69) is 20.3 Å². The van der Waals surface area contributed by atoms with Crippen molar-refractivity contribution in [2.45, 2.75) is 64.1 Å². The minimum absolute atomic E-state index is 0.0442. The van der Waals surface area contributed by atoms with E-state index < -0.39 is 45.8 Å². The second-order valence-corrected chi connectivity index (χ2v) is 12.9. The van der Waals surface area contributed by atoms with E-state index in [0.29, 0.717) is 52.8 Å². The molecule has 0 aliphatic heterocycles. The van der Waals surface area contributed by atoms with E-state index in [1.54, 1.807) is 48.7 Å². The first kappa shape index (κ1) is 36.5. The number of unbranched alkanes of at least 4 members (excludes halogenated alkanes) is 1. The van der Waals surface area contributed by atoms with E-state index in [1.807, 2.05) is 0 Å². The lowest BCUT2D eigenvalue weighted by Gasteiger charge is -2.23. The Bertz CT molecular complexity index is 1690. The van der Waals surface area contributed by atoms with E-state index in [1.165, 1.54) is 6.92 Å². The number of ether oxygens (including phenoxy) is 1. The van der Waals surface area contributed by atoms with Crippen LogP contribution in [0.4, 0.5) is 0 Å². The zero-order valence-corrected chi connectivity index (χ0v) is 26.8. The molecule has 10 N–H and O–H groups in total. The van der Waals surface area contributed by atoms with Crippen molar-refractivity contribution in [3.8, 4) is 5.75 Å². The lowest BCUT2D eigenvalue weighted by Crippen LogP contribution is -2.54. The van der Waals surface area contributed by atoms with Crippen LogP contribution in [0.5, 0.6) is 5.75 Å². The first-order valence-electron chi connectivity index (χ1n) is 15.0. The highest BCUT2D eigenvalue weighted by Gasteiger charge is 2.29. The van der Waals surface area contributed by atoms with Gasteiger partial charge in [-0.05, 0) is 61.9 Å². The molecule has 1 heterocycles. The maximum atomic E-state index is 13.6. The standard InChI is InChI=1S/C31H41N7O8S/c1-2-47(44,45)38-26(15-21-18-35-24-11-10-22(16-23(21)24)46-14-4-3-5-28(40)41)31(43)37-25(12-13-27(32)39)30(42)36-17-19-6-8-20(9-7-19)29(33)34/h6-11,16,18,25-26,35,38H,2-5,12-15,17H2,1H3,(H2,32,39)(H3,33,34)(H,36,42)(H,37,43)(H,40,41)/t25-,26+/m0/s1. The van der Waals surface area contributed by atoms with Gasteiger partial charge in [-0.25, -0.2) is 13.1 Å². The maximum absolute atomic E-state index is 13.6. The van der Waals surface area contributed by atoms with Crippen molar-refractivity contribution >= 4 is 50.5 Å². The van der Waals surface area contributed by atoms with Gasteiger partial charge in [0.05, 0.1) is 12.4 Å². The smallest absolute Gasteiger partial charge is 0.303 e. The molecular weight excluding hydrogens is 630 g/mol. The molecule has 16 heteroatoms. The summed E-state index contributed by atoms with van der Waals surface area (Å²) in [7, 11) is -3.88. The number of carboxylic acids is 1. The van der Waals surface area contributed by atoms with E-state index in [9.17, 15) is 27.6 Å². The van der Waals surface area contributed by atoms with Gasteiger partial charge in [0.25, 0.3) is 0 Å². The molecule has 3 amide bonds. The summed E-state index contributed by atoms with van der Waals surface area (Å²) in [5, 5.41) is 22.3. The Hall–Kier alpha value is -4.96.